The summed E-state index contributed by atoms with van der Waals surface area (Å²) in [6.45, 7) is 4.48. The maximum atomic E-state index is 5.88. The highest BCUT2D eigenvalue weighted by molar-refractivity contribution is 9.10. The fraction of sp³-hybridized carbons (Fsp3) is 0.455. The molecule has 0 spiro atoms. The van der Waals surface area contributed by atoms with Crippen LogP contribution in [0.1, 0.15) is 20.3 Å². The van der Waals surface area contributed by atoms with Crippen LogP contribution in [0.15, 0.2) is 27.6 Å². The molecule has 0 aliphatic heterocycles. The first-order valence-electron chi connectivity index (χ1n) is 4.81. The number of halogens is 1. The molecule has 0 radical (unpaired) electrons. The van der Waals surface area contributed by atoms with Crippen LogP contribution in [0, 0.1) is 5.92 Å². The molecule has 0 aliphatic carbocycles. The van der Waals surface area contributed by atoms with Crippen molar-refractivity contribution in [3.63, 3.8) is 0 Å². The topological polar surface area (TPSA) is 26.0 Å². The summed E-state index contributed by atoms with van der Waals surface area (Å²) in [6, 6.07) is 6.01. The molecule has 1 unspecified atom stereocenters. The van der Waals surface area contributed by atoms with Crippen molar-refractivity contribution in [2.24, 2.45) is 5.92 Å². The van der Waals surface area contributed by atoms with Crippen LogP contribution >= 0.6 is 27.7 Å². The second kappa shape index (κ2) is 5.66. The van der Waals surface area contributed by atoms with Crippen molar-refractivity contribution in [3.05, 3.63) is 22.7 Å². The summed E-state index contributed by atoms with van der Waals surface area (Å²) in [6.07, 6.45) is 1.22. The quantitative estimate of drug-likeness (QED) is 0.658. The van der Waals surface area contributed by atoms with Gasteiger partial charge in [0.25, 0.3) is 0 Å². The van der Waals surface area contributed by atoms with E-state index in [1.54, 1.807) is 0 Å². The van der Waals surface area contributed by atoms with Crippen LogP contribution in [0.5, 0.6) is 0 Å². The number of nitrogens with two attached hydrogens (primary N) is 1. The first-order chi connectivity index (χ1) is 6.63. The Bertz CT molecular complexity index is 301. The van der Waals surface area contributed by atoms with Crippen molar-refractivity contribution >= 4 is 33.4 Å². The van der Waals surface area contributed by atoms with E-state index in [2.05, 4.69) is 35.8 Å². The lowest BCUT2D eigenvalue weighted by atomic mass is 10.2. The predicted molar refractivity (Wildman–Crippen MR) is 68.7 cm³/mol. The van der Waals surface area contributed by atoms with E-state index in [0.717, 1.165) is 21.8 Å². The highest BCUT2D eigenvalue weighted by Gasteiger charge is 2.04. The van der Waals surface area contributed by atoms with E-state index in [4.69, 9.17) is 5.73 Å². The summed E-state index contributed by atoms with van der Waals surface area (Å²) in [4.78, 5) is 1.18. The van der Waals surface area contributed by atoms with Crippen molar-refractivity contribution < 1.29 is 0 Å². The number of benzene rings is 1. The monoisotopic (exact) mass is 273 g/mol. The molecule has 2 N–H and O–H groups in total. The minimum absolute atomic E-state index is 0.749. The minimum Gasteiger partial charge on any atom is -0.398 e. The molecule has 1 aromatic carbocycles. The van der Waals surface area contributed by atoms with E-state index in [-0.39, 0.29) is 0 Å². The van der Waals surface area contributed by atoms with E-state index in [1.807, 2.05) is 23.9 Å². The standard InChI is InChI=1S/C11H16BrNS/c1-3-8(2)7-14-11-6-9(12)4-5-10(11)13/h4-6,8H,3,7,13H2,1-2H3. The Hall–Kier alpha value is -0.150. The Balaban J connectivity index is 2.62. The highest BCUT2D eigenvalue weighted by atomic mass is 79.9. The van der Waals surface area contributed by atoms with Gasteiger partial charge in [0, 0.05) is 20.8 Å². The average molecular weight is 274 g/mol. The van der Waals surface area contributed by atoms with Gasteiger partial charge in [-0.15, -0.1) is 11.8 Å². The molecule has 0 saturated carbocycles. The fourth-order valence-electron chi connectivity index (χ4n) is 0.983. The number of hydrogen-bond acceptors (Lipinski definition) is 2. The lowest BCUT2D eigenvalue weighted by molar-refractivity contribution is 0.637. The number of hydrogen-bond donors (Lipinski definition) is 1. The Morgan fingerprint density at radius 1 is 1.50 bits per heavy atom. The van der Waals surface area contributed by atoms with Crippen LogP contribution in [0.2, 0.25) is 0 Å². The summed E-state index contributed by atoms with van der Waals surface area (Å²) in [5.74, 6) is 1.88. The molecule has 14 heavy (non-hydrogen) atoms. The predicted octanol–water partition coefficient (Wildman–Crippen LogP) is 4.17. The lowest BCUT2D eigenvalue weighted by Gasteiger charge is -2.09. The van der Waals surface area contributed by atoms with Gasteiger partial charge in [-0.25, -0.2) is 0 Å². The zero-order valence-corrected chi connectivity index (χ0v) is 11.0. The van der Waals surface area contributed by atoms with Gasteiger partial charge in [-0.05, 0) is 24.1 Å². The van der Waals surface area contributed by atoms with Crippen LogP contribution in [0.25, 0.3) is 0 Å². The van der Waals surface area contributed by atoms with E-state index >= 15 is 0 Å². The van der Waals surface area contributed by atoms with Crippen LogP contribution in [-0.2, 0) is 0 Å². The molecule has 0 aromatic heterocycles. The van der Waals surface area contributed by atoms with Crippen LogP contribution < -0.4 is 5.73 Å². The van der Waals surface area contributed by atoms with Gasteiger partial charge in [0.2, 0.25) is 0 Å². The van der Waals surface area contributed by atoms with E-state index in [9.17, 15) is 0 Å². The normalized spacial score (nSPS) is 12.8. The first-order valence-corrected chi connectivity index (χ1v) is 6.59. The molecule has 0 aliphatic rings. The molecular weight excluding hydrogens is 258 g/mol. The van der Waals surface area contributed by atoms with Gasteiger partial charge in [-0.2, -0.15) is 0 Å². The van der Waals surface area contributed by atoms with Crippen molar-refractivity contribution in [2.45, 2.75) is 25.2 Å². The van der Waals surface area contributed by atoms with Crippen LogP contribution in [0.4, 0.5) is 5.69 Å². The van der Waals surface area contributed by atoms with E-state index in [0.29, 0.717) is 0 Å². The van der Waals surface area contributed by atoms with Gasteiger partial charge in [0.1, 0.15) is 0 Å². The number of nitrogen functional groups attached to an aromatic ring is 1. The molecule has 1 rings (SSSR count). The largest absolute Gasteiger partial charge is 0.398 e. The van der Waals surface area contributed by atoms with Crippen molar-refractivity contribution in [1.29, 1.82) is 0 Å². The van der Waals surface area contributed by atoms with Crippen LogP contribution in [0.3, 0.4) is 0 Å². The highest BCUT2D eigenvalue weighted by Crippen LogP contribution is 2.29. The van der Waals surface area contributed by atoms with Gasteiger partial charge in [0.15, 0.2) is 0 Å². The summed E-state index contributed by atoms with van der Waals surface area (Å²) in [7, 11) is 0. The number of thioether (sulfide) groups is 1. The molecule has 0 fully saturated rings. The van der Waals surface area contributed by atoms with Gasteiger partial charge >= 0.3 is 0 Å². The molecule has 0 saturated heterocycles. The first kappa shape index (κ1) is 11.9. The van der Waals surface area contributed by atoms with Crippen molar-refractivity contribution in [1.82, 2.24) is 0 Å². The van der Waals surface area contributed by atoms with E-state index in [1.165, 1.54) is 11.3 Å². The SMILES string of the molecule is CCC(C)CSc1cc(Br)ccc1N. The number of anilines is 1. The van der Waals surface area contributed by atoms with Crippen molar-refractivity contribution in [3.8, 4) is 0 Å². The Morgan fingerprint density at radius 2 is 2.21 bits per heavy atom. The van der Waals surface area contributed by atoms with Gasteiger partial charge in [-0.3, -0.25) is 0 Å². The third kappa shape index (κ3) is 3.54. The molecule has 1 nitrogen and oxygen atoms in total. The molecule has 0 amide bonds. The molecule has 3 heteroatoms. The summed E-state index contributed by atoms with van der Waals surface area (Å²) >= 11 is 5.29. The van der Waals surface area contributed by atoms with Gasteiger partial charge in [-0.1, -0.05) is 36.2 Å². The van der Waals surface area contributed by atoms with Gasteiger partial charge < -0.3 is 5.73 Å². The molecule has 1 atom stereocenters. The maximum absolute atomic E-state index is 5.88. The van der Waals surface area contributed by atoms with Crippen molar-refractivity contribution in [2.75, 3.05) is 11.5 Å². The Labute approximate surface area is 98.6 Å². The lowest BCUT2D eigenvalue weighted by Crippen LogP contribution is -1.96. The molecular formula is C11H16BrNS. The second-order valence-electron chi connectivity index (χ2n) is 3.51. The maximum Gasteiger partial charge on any atom is 0.0453 e. The third-order valence-corrected chi connectivity index (χ3v) is 4.09. The van der Waals surface area contributed by atoms with E-state index < -0.39 is 0 Å². The summed E-state index contributed by atoms with van der Waals surface area (Å²) < 4.78 is 1.10. The molecule has 78 valence electrons. The zero-order chi connectivity index (χ0) is 10.6. The molecule has 1 aromatic rings. The number of rotatable bonds is 4. The fourth-order valence-corrected chi connectivity index (χ4v) is 2.64. The summed E-state index contributed by atoms with van der Waals surface area (Å²) in [5, 5.41) is 0. The minimum atomic E-state index is 0.749. The average Bonchev–Trinajstić information content (AvgIpc) is 2.19. The third-order valence-electron chi connectivity index (χ3n) is 2.20. The smallest absolute Gasteiger partial charge is 0.0453 e. The zero-order valence-electron chi connectivity index (χ0n) is 8.59. The van der Waals surface area contributed by atoms with Crippen LogP contribution in [-0.4, -0.2) is 5.75 Å². The Morgan fingerprint density at radius 3 is 2.86 bits per heavy atom. The van der Waals surface area contributed by atoms with Gasteiger partial charge in [0.05, 0.1) is 0 Å². The summed E-state index contributed by atoms with van der Waals surface area (Å²) in [5.41, 5.74) is 6.75. The molecule has 0 bridgehead atoms. The second-order valence-corrected chi connectivity index (χ2v) is 5.48. The Kier molecular flexibility index (Phi) is 4.82. The molecule has 0 heterocycles.